The first kappa shape index (κ1) is 15.6. The molecule has 1 aromatic carbocycles. The van der Waals surface area contributed by atoms with Gasteiger partial charge in [-0.05, 0) is 19.4 Å². The second-order valence-corrected chi connectivity index (χ2v) is 6.61. The topological polar surface area (TPSA) is 85.5 Å². The highest BCUT2D eigenvalue weighted by atomic mass is 32.1. The van der Waals surface area contributed by atoms with Gasteiger partial charge in [0, 0.05) is 6.54 Å². The predicted molar refractivity (Wildman–Crippen MR) is 87.0 cm³/mol. The fourth-order valence-corrected chi connectivity index (χ4v) is 3.51. The van der Waals surface area contributed by atoms with E-state index in [1.165, 1.54) is 16.2 Å². The molecule has 0 aliphatic carbocycles. The Morgan fingerprint density at radius 3 is 2.87 bits per heavy atom. The van der Waals surface area contributed by atoms with Gasteiger partial charge < -0.3 is 15.4 Å². The number of hydrogen-bond acceptors (Lipinski definition) is 5. The predicted octanol–water partition coefficient (Wildman–Crippen LogP) is 1.71. The number of nitrogens with zero attached hydrogens (tertiary/aromatic N) is 2. The highest BCUT2D eigenvalue weighted by molar-refractivity contribution is 7.15. The molecule has 2 N–H and O–H groups in total. The maximum absolute atomic E-state index is 12.8. The molecule has 0 bridgehead atoms. The van der Waals surface area contributed by atoms with Crippen molar-refractivity contribution in [2.45, 2.75) is 20.1 Å². The molecular weight excluding hydrogens is 314 g/mol. The van der Waals surface area contributed by atoms with E-state index >= 15 is 0 Å². The summed E-state index contributed by atoms with van der Waals surface area (Å²) in [6.07, 6.45) is -1.02. The molecule has 7 heteroatoms. The average molecular weight is 331 g/mol. The molecule has 23 heavy (non-hydrogen) atoms. The molecule has 3 rings (SSSR count). The number of nitrogens with two attached hydrogens (primary N) is 1. The second-order valence-electron chi connectivity index (χ2n) is 5.40. The molecule has 6 nitrogen and oxygen atoms in total. The molecule has 1 saturated heterocycles. The van der Waals surface area contributed by atoms with E-state index < -0.39 is 12.1 Å². The molecule has 1 atom stereocenters. The average Bonchev–Trinajstić information content (AvgIpc) is 3.13. The van der Waals surface area contributed by atoms with Crippen LogP contribution in [0.3, 0.4) is 0 Å². The Kier molecular flexibility index (Phi) is 4.14. The minimum Gasteiger partial charge on any atom is -0.366 e. The summed E-state index contributed by atoms with van der Waals surface area (Å²) in [5.41, 5.74) is 7.69. The van der Waals surface area contributed by atoms with Gasteiger partial charge in [-0.2, -0.15) is 0 Å². The van der Waals surface area contributed by atoms with E-state index in [9.17, 15) is 9.59 Å². The molecule has 0 radical (unpaired) electrons. The van der Waals surface area contributed by atoms with E-state index in [1.807, 2.05) is 38.1 Å². The minimum atomic E-state index is -1.02. The van der Waals surface area contributed by atoms with Crippen molar-refractivity contribution in [2.24, 2.45) is 5.73 Å². The summed E-state index contributed by atoms with van der Waals surface area (Å²) in [7, 11) is 0. The molecule has 2 amide bonds. The number of thiazole rings is 1. The standard InChI is InChI=1S/C16H17N3O3S/c1-9-4-3-5-11(8-9)13-12(18-10(2)23-13)15(21)19-6-7-22-16(19)14(17)20/h3-5,8,16H,6-7H2,1-2H3,(H2,17,20). The fraction of sp³-hybridized carbons (Fsp3) is 0.312. The number of carbonyl (C=O) groups excluding carboxylic acids is 2. The van der Waals surface area contributed by atoms with Crippen LogP contribution >= 0.6 is 11.3 Å². The Morgan fingerprint density at radius 1 is 1.39 bits per heavy atom. The molecule has 0 spiro atoms. The zero-order valence-electron chi connectivity index (χ0n) is 12.9. The van der Waals surface area contributed by atoms with E-state index in [2.05, 4.69) is 4.98 Å². The lowest BCUT2D eigenvalue weighted by molar-refractivity contribution is -0.131. The molecule has 2 heterocycles. The van der Waals surface area contributed by atoms with E-state index in [0.717, 1.165) is 21.0 Å². The zero-order chi connectivity index (χ0) is 16.6. The molecule has 1 fully saturated rings. The third kappa shape index (κ3) is 2.97. The summed E-state index contributed by atoms with van der Waals surface area (Å²) < 4.78 is 5.25. The van der Waals surface area contributed by atoms with Gasteiger partial charge in [0.25, 0.3) is 11.8 Å². The van der Waals surface area contributed by atoms with Gasteiger partial charge in [-0.25, -0.2) is 4.98 Å². The highest BCUT2D eigenvalue weighted by Gasteiger charge is 2.36. The number of hydrogen-bond donors (Lipinski definition) is 1. The molecule has 0 saturated carbocycles. The van der Waals surface area contributed by atoms with E-state index in [-0.39, 0.29) is 5.91 Å². The minimum absolute atomic E-state index is 0.294. The Bertz CT molecular complexity index is 772. The van der Waals surface area contributed by atoms with Crippen molar-refractivity contribution in [3.63, 3.8) is 0 Å². The van der Waals surface area contributed by atoms with Crippen LogP contribution in [-0.2, 0) is 9.53 Å². The number of amides is 2. The van der Waals surface area contributed by atoms with Gasteiger partial charge in [0.2, 0.25) is 6.23 Å². The summed E-state index contributed by atoms with van der Waals surface area (Å²) in [4.78, 5) is 30.8. The quantitative estimate of drug-likeness (QED) is 0.928. The second kappa shape index (κ2) is 6.10. The Morgan fingerprint density at radius 2 is 2.17 bits per heavy atom. The molecule has 1 aromatic heterocycles. The number of ether oxygens (including phenoxy) is 1. The lowest BCUT2D eigenvalue weighted by atomic mass is 10.1. The number of aromatic nitrogens is 1. The van der Waals surface area contributed by atoms with Crippen molar-refractivity contribution in [1.82, 2.24) is 9.88 Å². The van der Waals surface area contributed by atoms with Crippen LogP contribution in [0.1, 0.15) is 21.1 Å². The van der Waals surface area contributed by atoms with Crippen molar-refractivity contribution >= 4 is 23.2 Å². The van der Waals surface area contributed by atoms with Crippen LogP contribution in [0.4, 0.5) is 0 Å². The number of carbonyl (C=O) groups is 2. The van der Waals surface area contributed by atoms with Gasteiger partial charge >= 0.3 is 0 Å². The number of primary amides is 1. The summed E-state index contributed by atoms with van der Waals surface area (Å²) in [6.45, 7) is 4.47. The van der Waals surface area contributed by atoms with Crippen molar-refractivity contribution in [3.05, 3.63) is 40.5 Å². The Balaban J connectivity index is 2.00. The third-order valence-electron chi connectivity index (χ3n) is 3.61. The first-order valence-electron chi connectivity index (χ1n) is 7.23. The van der Waals surface area contributed by atoms with Crippen LogP contribution in [0.25, 0.3) is 10.4 Å². The van der Waals surface area contributed by atoms with Crippen molar-refractivity contribution in [1.29, 1.82) is 0 Å². The Labute approximate surface area is 137 Å². The SMILES string of the molecule is Cc1cccc(-c2sc(C)nc2C(=O)N2CCOC2C(N)=O)c1. The molecular formula is C16H17N3O3S. The maximum Gasteiger partial charge on any atom is 0.276 e. The van der Waals surface area contributed by atoms with Crippen LogP contribution in [0.15, 0.2) is 24.3 Å². The lowest BCUT2D eigenvalue weighted by Gasteiger charge is -2.20. The maximum atomic E-state index is 12.8. The van der Waals surface area contributed by atoms with Crippen LogP contribution in [-0.4, -0.2) is 41.1 Å². The fourth-order valence-electron chi connectivity index (χ4n) is 2.60. The van der Waals surface area contributed by atoms with Crippen LogP contribution in [0, 0.1) is 13.8 Å². The monoisotopic (exact) mass is 331 g/mol. The van der Waals surface area contributed by atoms with E-state index in [0.29, 0.717) is 18.8 Å². The number of aryl methyl sites for hydroxylation is 2. The molecule has 1 aliphatic rings. The van der Waals surface area contributed by atoms with Crippen molar-refractivity contribution < 1.29 is 14.3 Å². The van der Waals surface area contributed by atoms with Crippen molar-refractivity contribution in [2.75, 3.05) is 13.2 Å². The summed E-state index contributed by atoms with van der Waals surface area (Å²) in [5.74, 6) is -0.993. The van der Waals surface area contributed by atoms with Crippen molar-refractivity contribution in [3.8, 4) is 10.4 Å². The van der Waals surface area contributed by atoms with Gasteiger partial charge in [0.15, 0.2) is 0 Å². The normalized spacial score (nSPS) is 17.5. The largest absolute Gasteiger partial charge is 0.366 e. The van der Waals surface area contributed by atoms with Gasteiger partial charge in [-0.15, -0.1) is 11.3 Å². The zero-order valence-corrected chi connectivity index (χ0v) is 13.7. The first-order valence-corrected chi connectivity index (χ1v) is 8.05. The van der Waals surface area contributed by atoms with Gasteiger partial charge in [0.05, 0.1) is 16.5 Å². The molecule has 120 valence electrons. The molecule has 1 aliphatic heterocycles. The van der Waals surface area contributed by atoms with E-state index in [1.54, 1.807) is 0 Å². The van der Waals surface area contributed by atoms with Gasteiger partial charge in [-0.3, -0.25) is 9.59 Å². The van der Waals surface area contributed by atoms with Crippen LogP contribution < -0.4 is 5.73 Å². The van der Waals surface area contributed by atoms with Crippen LogP contribution in [0.5, 0.6) is 0 Å². The smallest absolute Gasteiger partial charge is 0.276 e. The first-order chi connectivity index (χ1) is 11.0. The van der Waals surface area contributed by atoms with Gasteiger partial charge in [0.1, 0.15) is 5.69 Å². The Hall–Kier alpha value is -2.25. The van der Waals surface area contributed by atoms with Gasteiger partial charge in [-0.1, -0.05) is 29.8 Å². The van der Waals surface area contributed by atoms with Crippen LogP contribution in [0.2, 0.25) is 0 Å². The number of benzene rings is 1. The molecule has 2 aromatic rings. The third-order valence-corrected chi connectivity index (χ3v) is 4.63. The lowest BCUT2D eigenvalue weighted by Crippen LogP contribution is -2.44. The van der Waals surface area contributed by atoms with E-state index in [4.69, 9.17) is 10.5 Å². The summed E-state index contributed by atoms with van der Waals surface area (Å²) in [5, 5.41) is 0.792. The number of rotatable bonds is 3. The highest BCUT2D eigenvalue weighted by Crippen LogP contribution is 2.32. The summed E-state index contributed by atoms with van der Waals surface area (Å²) in [6, 6.07) is 7.90. The molecule has 1 unspecified atom stereocenters. The summed E-state index contributed by atoms with van der Waals surface area (Å²) >= 11 is 1.46.